The van der Waals surface area contributed by atoms with Gasteiger partial charge in [0.2, 0.25) is 0 Å². The van der Waals surface area contributed by atoms with Gasteiger partial charge < -0.3 is 0 Å². The molecule has 0 atom stereocenters. The Hall–Kier alpha value is -8.10. The Kier molecular flexibility index (Phi) is 11.4. The number of benzene rings is 10. The molecule has 0 aliphatic heterocycles. The van der Waals surface area contributed by atoms with Crippen molar-refractivity contribution >= 4 is 32.6 Å². The second-order valence-corrected chi connectivity index (χ2v) is 18.3. The zero-order valence-electron chi connectivity index (χ0n) is 37.7. The Morgan fingerprint density at radius 3 is 1.34 bits per heavy atom. The highest BCUT2D eigenvalue weighted by molar-refractivity contribution is 7.23. The van der Waals surface area contributed by atoms with Crippen LogP contribution in [0.5, 0.6) is 0 Å². The van der Waals surface area contributed by atoms with E-state index in [-0.39, 0.29) is 0 Å². The van der Waals surface area contributed by atoms with Crippen LogP contribution in [0.3, 0.4) is 0 Å². The van der Waals surface area contributed by atoms with Crippen LogP contribution in [0.4, 0.5) is 0 Å². The maximum atomic E-state index is 2.38. The molecule has 0 saturated heterocycles. The molecule has 318 valence electrons. The minimum Gasteiger partial charge on any atom is -0.134 e. The van der Waals surface area contributed by atoms with Gasteiger partial charge in [0.25, 0.3) is 0 Å². The van der Waals surface area contributed by atoms with E-state index in [9.17, 15) is 0 Å². The van der Waals surface area contributed by atoms with Crippen molar-refractivity contribution in [2.75, 3.05) is 0 Å². The molecule has 0 saturated carbocycles. The van der Waals surface area contributed by atoms with Gasteiger partial charge in [0, 0.05) is 20.5 Å². The third-order valence-electron chi connectivity index (χ3n) is 13.1. The van der Waals surface area contributed by atoms with E-state index in [0.717, 1.165) is 0 Å². The van der Waals surface area contributed by atoms with E-state index < -0.39 is 0 Å². The zero-order chi connectivity index (χ0) is 45.1. The third kappa shape index (κ3) is 8.27. The molecule has 0 bridgehead atoms. The van der Waals surface area contributed by atoms with E-state index >= 15 is 0 Å². The molecule has 0 spiro atoms. The van der Waals surface area contributed by atoms with Crippen LogP contribution in [-0.2, 0) is 0 Å². The molecule has 0 unspecified atom stereocenters. The van der Waals surface area contributed by atoms with Gasteiger partial charge in [-0.25, -0.2) is 0 Å². The lowest BCUT2D eigenvalue weighted by Gasteiger charge is -2.19. The quantitative estimate of drug-likeness (QED) is 0.120. The minimum absolute atomic E-state index is 1.18. The topological polar surface area (TPSA) is 0 Å². The van der Waals surface area contributed by atoms with Crippen LogP contribution in [0.15, 0.2) is 255 Å². The SMILES string of the molecule is C/C(=C(/c1ccccc1)c1cccc(-c2cccc(-c3cc(-c4ccccc4)cc(-c4cccc(-c5cccc6c(-c7ccccc7)c(-c7ccccc7)sc56)c4)c3)c2)c1C)c1ccccc1. The van der Waals surface area contributed by atoms with Crippen molar-refractivity contribution in [3.63, 3.8) is 0 Å². The molecule has 0 aliphatic carbocycles. The van der Waals surface area contributed by atoms with Gasteiger partial charge in [-0.2, -0.15) is 0 Å². The summed E-state index contributed by atoms with van der Waals surface area (Å²) in [5.41, 5.74) is 23.2. The third-order valence-corrected chi connectivity index (χ3v) is 14.4. The van der Waals surface area contributed by atoms with E-state index in [1.807, 2.05) is 11.3 Å². The van der Waals surface area contributed by atoms with E-state index in [1.54, 1.807) is 0 Å². The summed E-state index contributed by atoms with van der Waals surface area (Å²) in [6, 6.07) is 92.9. The number of fused-ring (bicyclic) bond motifs is 1. The van der Waals surface area contributed by atoms with Crippen molar-refractivity contribution in [2.24, 2.45) is 0 Å². The molecule has 1 aromatic heterocycles. The molecular formula is C66H48S. The Morgan fingerprint density at radius 1 is 0.328 bits per heavy atom. The van der Waals surface area contributed by atoms with E-state index in [0.29, 0.717) is 0 Å². The van der Waals surface area contributed by atoms with E-state index in [2.05, 4.69) is 269 Å². The molecular weight excluding hydrogens is 825 g/mol. The largest absolute Gasteiger partial charge is 0.134 e. The fourth-order valence-corrected chi connectivity index (χ4v) is 11.1. The molecule has 10 aromatic carbocycles. The molecule has 0 radical (unpaired) electrons. The number of allylic oxidation sites excluding steroid dienone is 1. The lowest BCUT2D eigenvalue weighted by Crippen LogP contribution is -1.97. The molecule has 0 amide bonds. The van der Waals surface area contributed by atoms with Crippen molar-refractivity contribution in [3.8, 4) is 77.2 Å². The molecule has 1 heteroatoms. The number of rotatable bonds is 10. The Morgan fingerprint density at radius 2 is 0.746 bits per heavy atom. The molecule has 0 fully saturated rings. The summed E-state index contributed by atoms with van der Waals surface area (Å²) < 4.78 is 1.30. The van der Waals surface area contributed by atoms with Crippen LogP contribution in [0.2, 0.25) is 0 Å². The Labute approximate surface area is 398 Å². The van der Waals surface area contributed by atoms with Crippen molar-refractivity contribution in [1.29, 1.82) is 0 Å². The zero-order valence-corrected chi connectivity index (χ0v) is 38.5. The molecule has 11 aromatic rings. The summed E-state index contributed by atoms with van der Waals surface area (Å²) in [5, 5.41) is 1.28. The van der Waals surface area contributed by atoms with Crippen LogP contribution in [0.1, 0.15) is 29.2 Å². The first-order chi connectivity index (χ1) is 33.1. The number of thiophene rings is 1. The highest BCUT2D eigenvalue weighted by Gasteiger charge is 2.20. The predicted octanol–water partition coefficient (Wildman–Crippen LogP) is 18.9. The smallest absolute Gasteiger partial charge is 0.0434 e. The van der Waals surface area contributed by atoms with Gasteiger partial charge in [0.15, 0.2) is 0 Å². The number of hydrogen-bond donors (Lipinski definition) is 0. The summed E-state index contributed by atoms with van der Waals surface area (Å²) in [6.07, 6.45) is 0. The predicted molar refractivity (Wildman–Crippen MR) is 289 cm³/mol. The first-order valence-corrected chi connectivity index (χ1v) is 23.9. The molecule has 0 nitrogen and oxygen atoms in total. The van der Waals surface area contributed by atoms with Crippen LogP contribution in [0.25, 0.3) is 98.4 Å². The standard InChI is InChI=1S/C66H48S/c1-45(47-22-8-3-9-23-47)63(49-26-12-5-13-27-49)60-37-20-36-59(46(60)2)54-34-18-32-52(40-54)57-42-56(48-24-10-4-11-25-48)43-58(44-57)53-33-19-35-55(41-53)61-38-21-39-62-64(50-28-14-6-15-29-50)65(67-66(61)62)51-30-16-7-17-31-51/h3-44H,1-2H3/b63-45+. The van der Waals surface area contributed by atoms with E-state index in [1.165, 1.54) is 121 Å². The summed E-state index contributed by atoms with van der Waals surface area (Å²) in [6.45, 7) is 4.53. The van der Waals surface area contributed by atoms with Crippen molar-refractivity contribution in [3.05, 3.63) is 277 Å². The number of hydrogen-bond acceptors (Lipinski definition) is 1. The second-order valence-electron chi connectivity index (χ2n) is 17.3. The van der Waals surface area contributed by atoms with Gasteiger partial charge in [-0.15, -0.1) is 11.3 Å². The Bertz CT molecular complexity index is 3540. The average molecular weight is 873 g/mol. The van der Waals surface area contributed by atoms with Crippen molar-refractivity contribution in [2.45, 2.75) is 13.8 Å². The van der Waals surface area contributed by atoms with Gasteiger partial charge in [0.1, 0.15) is 0 Å². The first-order valence-electron chi connectivity index (χ1n) is 23.1. The summed E-state index contributed by atoms with van der Waals surface area (Å²) in [5.74, 6) is 0. The summed E-state index contributed by atoms with van der Waals surface area (Å²) in [4.78, 5) is 1.30. The fraction of sp³-hybridized carbons (Fsp3) is 0.0303. The maximum Gasteiger partial charge on any atom is 0.0434 e. The van der Waals surface area contributed by atoms with Gasteiger partial charge >= 0.3 is 0 Å². The lowest BCUT2D eigenvalue weighted by molar-refractivity contribution is 1.40. The fourth-order valence-electron chi connectivity index (χ4n) is 9.75. The van der Waals surface area contributed by atoms with Crippen molar-refractivity contribution < 1.29 is 0 Å². The van der Waals surface area contributed by atoms with E-state index in [4.69, 9.17) is 0 Å². The highest BCUT2D eigenvalue weighted by Crippen LogP contribution is 2.48. The van der Waals surface area contributed by atoms with Crippen LogP contribution < -0.4 is 0 Å². The molecule has 1 heterocycles. The summed E-state index contributed by atoms with van der Waals surface area (Å²) >= 11 is 1.89. The molecule has 0 N–H and O–H groups in total. The molecule has 0 aliphatic rings. The highest BCUT2D eigenvalue weighted by atomic mass is 32.1. The van der Waals surface area contributed by atoms with Crippen LogP contribution in [-0.4, -0.2) is 0 Å². The van der Waals surface area contributed by atoms with Crippen LogP contribution in [0, 0.1) is 6.92 Å². The minimum atomic E-state index is 1.18. The van der Waals surface area contributed by atoms with Gasteiger partial charge in [0.05, 0.1) is 0 Å². The average Bonchev–Trinajstić information content (AvgIpc) is 3.81. The lowest BCUT2D eigenvalue weighted by atomic mass is 9.85. The first kappa shape index (κ1) is 41.6. The van der Waals surface area contributed by atoms with Crippen molar-refractivity contribution in [1.82, 2.24) is 0 Å². The van der Waals surface area contributed by atoms with Gasteiger partial charge in [-0.05, 0) is 144 Å². The second kappa shape index (κ2) is 18.4. The molecule has 67 heavy (non-hydrogen) atoms. The van der Waals surface area contributed by atoms with Gasteiger partial charge in [-0.3, -0.25) is 0 Å². The Balaban J connectivity index is 1.02. The molecule has 11 rings (SSSR count). The monoisotopic (exact) mass is 872 g/mol. The maximum absolute atomic E-state index is 2.38. The normalized spacial score (nSPS) is 11.7. The van der Waals surface area contributed by atoms with Gasteiger partial charge in [-0.1, -0.05) is 224 Å². The summed E-state index contributed by atoms with van der Waals surface area (Å²) in [7, 11) is 0. The van der Waals surface area contributed by atoms with Crippen LogP contribution >= 0.6 is 11.3 Å².